The van der Waals surface area contributed by atoms with Gasteiger partial charge in [-0.05, 0) is 35.6 Å². The topological polar surface area (TPSA) is 76.5 Å². The van der Waals surface area contributed by atoms with Crippen LogP contribution in [0.25, 0.3) is 0 Å². The first-order chi connectivity index (χ1) is 13.5. The van der Waals surface area contributed by atoms with E-state index in [4.69, 9.17) is 9.84 Å². The summed E-state index contributed by atoms with van der Waals surface area (Å²) in [6, 6.07) is 7.69. The molecule has 1 aliphatic heterocycles. The maximum absolute atomic E-state index is 12.8. The lowest BCUT2D eigenvalue weighted by atomic mass is 9.99. The van der Waals surface area contributed by atoms with Gasteiger partial charge in [0.25, 0.3) is 0 Å². The van der Waals surface area contributed by atoms with Gasteiger partial charge in [0.05, 0.1) is 25.8 Å². The number of benzene rings is 1. The highest BCUT2D eigenvalue weighted by Crippen LogP contribution is 2.42. The second-order valence-electron chi connectivity index (χ2n) is 7.68. The maximum Gasteiger partial charge on any atom is 0.227 e. The van der Waals surface area contributed by atoms with Crippen molar-refractivity contribution in [3.05, 3.63) is 47.3 Å². The lowest BCUT2D eigenvalue weighted by Crippen LogP contribution is -2.31. The highest BCUT2D eigenvalue weighted by Gasteiger charge is 2.43. The fourth-order valence-corrected chi connectivity index (χ4v) is 4.35. The Bertz CT molecular complexity index is 892. The molecular formula is C21H26N4O3. The van der Waals surface area contributed by atoms with Gasteiger partial charge in [-0.15, -0.1) is 0 Å². The minimum Gasteiger partial charge on any atom is -0.497 e. The van der Waals surface area contributed by atoms with Crippen LogP contribution in [-0.4, -0.2) is 53.2 Å². The predicted octanol–water partition coefficient (Wildman–Crippen LogP) is 1.37. The number of ether oxygens (including phenoxy) is 1. The van der Waals surface area contributed by atoms with E-state index in [-0.39, 0.29) is 11.8 Å². The summed E-state index contributed by atoms with van der Waals surface area (Å²) in [5.74, 6) is 1.70. The Morgan fingerprint density at radius 2 is 2.18 bits per heavy atom. The number of hydrogen-bond donors (Lipinski definition) is 1. The summed E-state index contributed by atoms with van der Waals surface area (Å²) in [6.45, 7) is 4.31. The number of amides is 2. The van der Waals surface area contributed by atoms with Gasteiger partial charge in [0.15, 0.2) is 0 Å². The number of carbonyl (C=O) groups excluding carboxylic acids is 2. The van der Waals surface area contributed by atoms with Crippen molar-refractivity contribution < 1.29 is 14.3 Å². The zero-order valence-electron chi connectivity index (χ0n) is 16.4. The monoisotopic (exact) mass is 382 g/mol. The van der Waals surface area contributed by atoms with Crippen molar-refractivity contribution in [2.45, 2.75) is 32.2 Å². The molecule has 4 rings (SSSR count). The van der Waals surface area contributed by atoms with E-state index < -0.39 is 0 Å². The van der Waals surface area contributed by atoms with Gasteiger partial charge in [0.2, 0.25) is 11.8 Å². The minimum atomic E-state index is -0.0271. The third-order valence-electron chi connectivity index (χ3n) is 5.70. The zero-order chi connectivity index (χ0) is 19.7. The van der Waals surface area contributed by atoms with E-state index >= 15 is 0 Å². The number of methoxy groups -OCH3 is 1. The van der Waals surface area contributed by atoms with Gasteiger partial charge in [0.1, 0.15) is 5.75 Å². The number of fused-ring (bicyclic) bond motifs is 3. The van der Waals surface area contributed by atoms with Crippen LogP contribution >= 0.6 is 0 Å². The number of nitrogens with one attached hydrogen (secondary N) is 1. The first-order valence-electron chi connectivity index (χ1n) is 9.75. The van der Waals surface area contributed by atoms with Crippen molar-refractivity contribution in [1.82, 2.24) is 20.0 Å². The standard InChI is InChI=1S/C21H26N4O3/c1-14(26)22-6-7-25-12-17-10-16-11-24(13-19(16)21(17)23-25)20(27)9-15-4-3-5-18(8-15)28-2/h3-5,8,12,16,19H,6-7,9-11,13H2,1-2H3,(H,22,26)/t16-,19+/m1/s1. The van der Waals surface area contributed by atoms with Crippen molar-refractivity contribution in [2.75, 3.05) is 26.7 Å². The lowest BCUT2D eigenvalue weighted by Gasteiger charge is -2.17. The van der Waals surface area contributed by atoms with E-state index in [1.165, 1.54) is 12.5 Å². The molecule has 1 aliphatic carbocycles. The van der Waals surface area contributed by atoms with Crippen LogP contribution in [0.4, 0.5) is 0 Å². The lowest BCUT2D eigenvalue weighted by molar-refractivity contribution is -0.129. The van der Waals surface area contributed by atoms with E-state index in [2.05, 4.69) is 11.5 Å². The molecule has 0 radical (unpaired) electrons. The van der Waals surface area contributed by atoms with Crippen LogP contribution in [0.3, 0.4) is 0 Å². The van der Waals surface area contributed by atoms with Crippen LogP contribution in [0.2, 0.25) is 0 Å². The summed E-state index contributed by atoms with van der Waals surface area (Å²) in [7, 11) is 1.63. The van der Waals surface area contributed by atoms with Gasteiger partial charge in [-0.2, -0.15) is 5.10 Å². The molecule has 0 unspecified atom stereocenters. The summed E-state index contributed by atoms with van der Waals surface area (Å²) in [5.41, 5.74) is 3.39. The predicted molar refractivity (Wildman–Crippen MR) is 104 cm³/mol. The number of nitrogens with zero attached hydrogens (tertiary/aromatic N) is 3. The molecule has 148 valence electrons. The van der Waals surface area contributed by atoms with Crippen molar-refractivity contribution in [3.8, 4) is 5.75 Å². The molecule has 1 fully saturated rings. The first-order valence-corrected chi connectivity index (χ1v) is 9.75. The van der Waals surface area contributed by atoms with Crippen molar-refractivity contribution in [2.24, 2.45) is 5.92 Å². The van der Waals surface area contributed by atoms with Crippen LogP contribution in [0, 0.1) is 5.92 Å². The SMILES string of the molecule is COc1cccc(CC(=O)N2C[C@H]3Cc4cn(CCNC(C)=O)nc4[C@H]3C2)c1. The molecule has 1 aromatic carbocycles. The summed E-state index contributed by atoms with van der Waals surface area (Å²) in [4.78, 5) is 25.8. The Morgan fingerprint density at radius 3 is 2.96 bits per heavy atom. The molecule has 2 heterocycles. The second-order valence-corrected chi connectivity index (χ2v) is 7.68. The Kier molecular flexibility index (Phi) is 5.07. The van der Waals surface area contributed by atoms with Crippen LogP contribution in [0.1, 0.15) is 29.7 Å². The molecule has 1 saturated heterocycles. The number of hydrogen-bond acceptors (Lipinski definition) is 4. The average molecular weight is 382 g/mol. The Hall–Kier alpha value is -2.83. The van der Waals surface area contributed by atoms with Crippen LogP contribution in [0.15, 0.2) is 30.5 Å². The highest BCUT2D eigenvalue weighted by atomic mass is 16.5. The third-order valence-corrected chi connectivity index (χ3v) is 5.70. The molecule has 0 saturated carbocycles. The Labute approximate surface area is 164 Å². The van der Waals surface area contributed by atoms with Crippen molar-refractivity contribution >= 4 is 11.8 Å². The molecule has 0 spiro atoms. The van der Waals surface area contributed by atoms with Gasteiger partial charge in [0, 0.05) is 38.7 Å². The van der Waals surface area contributed by atoms with E-state index in [9.17, 15) is 9.59 Å². The summed E-state index contributed by atoms with van der Waals surface area (Å²) in [5, 5.41) is 7.54. The number of likely N-dealkylation sites (tertiary alicyclic amines) is 1. The van der Waals surface area contributed by atoms with Crippen LogP contribution in [-0.2, 0) is 29.0 Å². The zero-order valence-corrected chi connectivity index (χ0v) is 16.4. The van der Waals surface area contributed by atoms with Gasteiger partial charge >= 0.3 is 0 Å². The van der Waals surface area contributed by atoms with Crippen LogP contribution in [0.5, 0.6) is 5.75 Å². The largest absolute Gasteiger partial charge is 0.497 e. The van der Waals surface area contributed by atoms with Crippen molar-refractivity contribution in [1.29, 1.82) is 0 Å². The smallest absolute Gasteiger partial charge is 0.227 e. The molecular weight excluding hydrogens is 356 g/mol. The van der Waals surface area contributed by atoms with Gasteiger partial charge < -0.3 is 15.0 Å². The highest BCUT2D eigenvalue weighted by molar-refractivity contribution is 5.79. The number of aromatic nitrogens is 2. The Balaban J connectivity index is 1.37. The molecule has 2 amide bonds. The normalized spacial score (nSPS) is 20.0. The van der Waals surface area contributed by atoms with E-state index in [0.29, 0.717) is 31.3 Å². The Morgan fingerprint density at radius 1 is 1.32 bits per heavy atom. The summed E-state index contributed by atoms with van der Waals surface area (Å²) < 4.78 is 7.16. The van der Waals surface area contributed by atoms with E-state index in [1.807, 2.05) is 33.8 Å². The molecule has 7 heteroatoms. The molecule has 1 aromatic heterocycles. The molecule has 28 heavy (non-hydrogen) atoms. The molecule has 1 N–H and O–H groups in total. The quantitative estimate of drug-likeness (QED) is 0.819. The third kappa shape index (κ3) is 3.74. The van der Waals surface area contributed by atoms with Crippen molar-refractivity contribution in [3.63, 3.8) is 0 Å². The minimum absolute atomic E-state index is 0.0271. The molecule has 2 aliphatic rings. The molecule has 2 aromatic rings. The van der Waals surface area contributed by atoms with E-state index in [1.54, 1.807) is 7.11 Å². The maximum atomic E-state index is 12.8. The van der Waals surface area contributed by atoms with Gasteiger partial charge in [-0.1, -0.05) is 12.1 Å². The number of carbonyl (C=O) groups is 2. The second kappa shape index (κ2) is 7.66. The average Bonchev–Trinajstić information content (AvgIpc) is 3.32. The van der Waals surface area contributed by atoms with Crippen LogP contribution < -0.4 is 10.1 Å². The summed E-state index contributed by atoms with van der Waals surface area (Å²) in [6.07, 6.45) is 3.47. The fraction of sp³-hybridized carbons (Fsp3) is 0.476. The molecule has 0 bridgehead atoms. The molecule has 2 atom stereocenters. The molecule has 7 nitrogen and oxygen atoms in total. The summed E-state index contributed by atoms with van der Waals surface area (Å²) >= 11 is 0. The first kappa shape index (κ1) is 18.5. The number of rotatable bonds is 6. The van der Waals surface area contributed by atoms with Gasteiger partial charge in [-0.25, -0.2) is 0 Å². The fourth-order valence-electron chi connectivity index (χ4n) is 4.35. The van der Waals surface area contributed by atoms with Gasteiger partial charge in [-0.3, -0.25) is 14.3 Å². The van der Waals surface area contributed by atoms with E-state index in [0.717, 1.165) is 36.5 Å².